The molecule has 0 amide bonds. The van der Waals surface area contributed by atoms with E-state index in [4.69, 9.17) is 21.4 Å². The number of thiocarbonyl (C=S) groups is 1. The van der Waals surface area contributed by atoms with E-state index in [-0.39, 0.29) is 23.2 Å². The number of methoxy groups -OCH3 is 1. The van der Waals surface area contributed by atoms with Gasteiger partial charge in [-0.2, -0.15) is 0 Å². The van der Waals surface area contributed by atoms with Gasteiger partial charge in [-0.15, -0.1) is 0 Å². The number of benzene rings is 1. The molecule has 9 nitrogen and oxygen atoms in total. The van der Waals surface area contributed by atoms with Gasteiger partial charge in [0, 0.05) is 32.0 Å². The van der Waals surface area contributed by atoms with Crippen LogP contribution in [0.2, 0.25) is 0 Å². The second-order valence-corrected chi connectivity index (χ2v) is 8.16. The predicted molar refractivity (Wildman–Crippen MR) is 127 cm³/mol. The number of furan rings is 1. The second kappa shape index (κ2) is 10.0. The molecule has 1 saturated heterocycles. The van der Waals surface area contributed by atoms with Crippen LogP contribution in [0.15, 0.2) is 59.1 Å². The molecule has 2 atom stereocenters. The molecule has 2 aromatic heterocycles. The Morgan fingerprint density at radius 1 is 1.15 bits per heavy atom. The molecular formula is C24H23N3O6S. The fraction of sp³-hybridized carbons (Fsp3) is 0.250. The van der Waals surface area contributed by atoms with E-state index in [0.29, 0.717) is 35.3 Å². The summed E-state index contributed by atoms with van der Waals surface area (Å²) in [6, 6.07) is 12.5. The van der Waals surface area contributed by atoms with Crippen LogP contribution in [-0.4, -0.2) is 57.4 Å². The Kier molecular flexibility index (Phi) is 6.90. The second-order valence-electron chi connectivity index (χ2n) is 7.78. The average Bonchev–Trinajstić information content (AvgIpc) is 3.44. The molecule has 3 aromatic rings. The van der Waals surface area contributed by atoms with E-state index < -0.39 is 11.9 Å². The van der Waals surface area contributed by atoms with Gasteiger partial charge < -0.3 is 29.6 Å². The van der Waals surface area contributed by atoms with Crippen molar-refractivity contribution in [3.63, 3.8) is 0 Å². The summed E-state index contributed by atoms with van der Waals surface area (Å²) in [7, 11) is 1.64. The van der Waals surface area contributed by atoms with Gasteiger partial charge in [0.2, 0.25) is 0 Å². The number of carboxylic acid groups (broad SMARTS) is 2. The molecule has 3 heterocycles. The maximum atomic E-state index is 11.5. The summed E-state index contributed by atoms with van der Waals surface area (Å²) in [5.74, 6) is -1.50. The third-order valence-corrected chi connectivity index (χ3v) is 5.93. The standard InChI is InChI=1S/C24H23N3O6S/c1-32-10-4-9-27-21(20(26-24(27)34)17-5-2-3-8-25-17)19-7-6-18(33-19)14-11-15(22(28)29)13-16(12-14)23(30)31/h2-3,5-8,11-13,20-21H,4,9-10H2,1H3,(H,26,34)(H,28,29)(H,30,31)/t20-,21+/m0/s1. The maximum Gasteiger partial charge on any atom is 0.335 e. The van der Waals surface area contributed by atoms with E-state index in [9.17, 15) is 19.8 Å². The minimum atomic E-state index is -1.22. The van der Waals surface area contributed by atoms with Crippen molar-refractivity contribution in [2.75, 3.05) is 20.3 Å². The van der Waals surface area contributed by atoms with Gasteiger partial charge in [-0.05, 0) is 61.1 Å². The number of aromatic carboxylic acids is 2. The molecular weight excluding hydrogens is 458 g/mol. The van der Waals surface area contributed by atoms with Crippen molar-refractivity contribution in [3.8, 4) is 11.3 Å². The monoisotopic (exact) mass is 481 g/mol. The fourth-order valence-electron chi connectivity index (χ4n) is 4.02. The van der Waals surface area contributed by atoms with Gasteiger partial charge >= 0.3 is 11.9 Å². The third kappa shape index (κ3) is 4.78. The van der Waals surface area contributed by atoms with Crippen LogP contribution in [0.4, 0.5) is 0 Å². The van der Waals surface area contributed by atoms with E-state index in [1.165, 1.54) is 12.1 Å². The topological polar surface area (TPSA) is 125 Å². The Morgan fingerprint density at radius 3 is 2.50 bits per heavy atom. The van der Waals surface area contributed by atoms with Crippen molar-refractivity contribution >= 4 is 29.3 Å². The van der Waals surface area contributed by atoms with Gasteiger partial charge in [0.25, 0.3) is 0 Å². The van der Waals surface area contributed by atoms with Crippen LogP contribution in [-0.2, 0) is 4.74 Å². The first-order valence-corrected chi connectivity index (χ1v) is 11.0. The van der Waals surface area contributed by atoms with E-state index in [0.717, 1.165) is 18.2 Å². The Labute approximate surface area is 201 Å². The zero-order valence-electron chi connectivity index (χ0n) is 18.3. The van der Waals surface area contributed by atoms with Crippen LogP contribution in [0.1, 0.15) is 50.7 Å². The summed E-state index contributed by atoms with van der Waals surface area (Å²) in [6.07, 6.45) is 2.46. The lowest BCUT2D eigenvalue weighted by Crippen LogP contribution is -2.31. The van der Waals surface area contributed by atoms with Gasteiger partial charge in [-0.3, -0.25) is 4.98 Å². The molecule has 10 heteroatoms. The summed E-state index contributed by atoms with van der Waals surface area (Å²) in [4.78, 5) is 29.5. The van der Waals surface area contributed by atoms with Gasteiger partial charge in [-0.25, -0.2) is 9.59 Å². The van der Waals surface area contributed by atoms with Crippen LogP contribution < -0.4 is 5.32 Å². The van der Waals surface area contributed by atoms with Crippen LogP contribution >= 0.6 is 12.2 Å². The van der Waals surface area contributed by atoms with Gasteiger partial charge in [0.15, 0.2) is 5.11 Å². The number of carbonyl (C=O) groups is 2. The molecule has 1 aliphatic heterocycles. The highest BCUT2D eigenvalue weighted by atomic mass is 32.1. The molecule has 1 aromatic carbocycles. The molecule has 0 saturated carbocycles. The van der Waals surface area contributed by atoms with E-state index in [1.807, 2.05) is 23.1 Å². The fourth-order valence-corrected chi connectivity index (χ4v) is 4.35. The van der Waals surface area contributed by atoms with Crippen molar-refractivity contribution < 1.29 is 29.0 Å². The summed E-state index contributed by atoms with van der Waals surface area (Å²) < 4.78 is 11.4. The molecule has 34 heavy (non-hydrogen) atoms. The lowest BCUT2D eigenvalue weighted by molar-refractivity contribution is 0.0696. The van der Waals surface area contributed by atoms with Gasteiger partial charge in [-0.1, -0.05) is 6.07 Å². The van der Waals surface area contributed by atoms with Crippen LogP contribution in [0.5, 0.6) is 0 Å². The van der Waals surface area contributed by atoms with Crippen molar-refractivity contribution in [1.82, 2.24) is 15.2 Å². The predicted octanol–water partition coefficient (Wildman–Crippen LogP) is 3.75. The highest BCUT2D eigenvalue weighted by Gasteiger charge is 2.41. The van der Waals surface area contributed by atoms with Crippen LogP contribution in [0, 0.1) is 0 Å². The molecule has 1 aliphatic rings. The van der Waals surface area contributed by atoms with E-state index >= 15 is 0 Å². The first-order chi connectivity index (χ1) is 16.4. The normalized spacial score (nSPS) is 17.6. The molecule has 4 rings (SSSR count). The smallest absolute Gasteiger partial charge is 0.335 e. The minimum Gasteiger partial charge on any atom is -0.478 e. The van der Waals surface area contributed by atoms with Crippen molar-refractivity contribution in [3.05, 3.63) is 77.3 Å². The van der Waals surface area contributed by atoms with Crippen molar-refractivity contribution in [2.24, 2.45) is 0 Å². The maximum absolute atomic E-state index is 11.5. The van der Waals surface area contributed by atoms with Gasteiger partial charge in [0.05, 0.1) is 22.9 Å². The zero-order chi connectivity index (χ0) is 24.2. The number of nitrogens with one attached hydrogen (secondary N) is 1. The summed E-state index contributed by atoms with van der Waals surface area (Å²) in [5.41, 5.74) is 0.883. The zero-order valence-corrected chi connectivity index (χ0v) is 19.1. The summed E-state index contributed by atoms with van der Waals surface area (Å²) in [5, 5.41) is 22.7. The largest absolute Gasteiger partial charge is 0.478 e. The number of aromatic nitrogens is 1. The van der Waals surface area contributed by atoms with Crippen LogP contribution in [0.3, 0.4) is 0 Å². The molecule has 0 bridgehead atoms. The number of carboxylic acids is 2. The van der Waals surface area contributed by atoms with Crippen molar-refractivity contribution in [1.29, 1.82) is 0 Å². The molecule has 0 spiro atoms. The third-order valence-electron chi connectivity index (χ3n) is 5.57. The highest BCUT2D eigenvalue weighted by molar-refractivity contribution is 7.80. The number of ether oxygens (including phenoxy) is 1. The highest BCUT2D eigenvalue weighted by Crippen LogP contribution is 2.40. The Bertz CT molecular complexity index is 1180. The van der Waals surface area contributed by atoms with E-state index in [1.54, 1.807) is 25.4 Å². The molecule has 3 N–H and O–H groups in total. The van der Waals surface area contributed by atoms with Crippen molar-refractivity contribution in [2.45, 2.75) is 18.5 Å². The average molecular weight is 482 g/mol. The molecule has 0 unspecified atom stereocenters. The van der Waals surface area contributed by atoms with Crippen LogP contribution in [0.25, 0.3) is 11.3 Å². The quantitative estimate of drug-likeness (QED) is 0.307. The number of hydrogen-bond acceptors (Lipinski definition) is 6. The molecule has 0 aliphatic carbocycles. The SMILES string of the molecule is COCCCN1C(=S)N[C@@H](c2ccccn2)[C@H]1c1ccc(-c2cc(C(=O)O)cc(C(=O)O)c2)o1. The molecule has 1 fully saturated rings. The Balaban J connectivity index is 1.73. The summed E-state index contributed by atoms with van der Waals surface area (Å²) in [6.45, 7) is 1.20. The number of hydrogen-bond donors (Lipinski definition) is 3. The van der Waals surface area contributed by atoms with E-state index in [2.05, 4.69) is 10.3 Å². The van der Waals surface area contributed by atoms with Gasteiger partial charge in [0.1, 0.15) is 17.6 Å². The molecule has 176 valence electrons. The number of rotatable bonds is 9. The Morgan fingerprint density at radius 2 is 1.88 bits per heavy atom. The first-order valence-electron chi connectivity index (χ1n) is 10.6. The number of pyridine rings is 1. The summed E-state index contributed by atoms with van der Waals surface area (Å²) >= 11 is 5.61. The number of nitrogens with zero attached hydrogens (tertiary/aromatic N) is 2. The Hall–Kier alpha value is -3.76. The first kappa shape index (κ1) is 23.4. The lowest BCUT2D eigenvalue weighted by Gasteiger charge is -2.26. The molecule has 0 radical (unpaired) electrons. The minimum absolute atomic E-state index is 0.135. The lowest BCUT2D eigenvalue weighted by atomic mass is 10.0.